The van der Waals surface area contributed by atoms with E-state index in [0.29, 0.717) is 17.3 Å². The number of para-hydroxylation sites is 1. The predicted octanol–water partition coefficient (Wildman–Crippen LogP) is 3.42. The molecule has 1 aromatic carbocycles. The number of nitrogen functional groups attached to an aromatic ring is 1. The molecule has 2 rings (SSSR count). The number of hydrogen-bond donors (Lipinski definition) is 2. The first-order chi connectivity index (χ1) is 9.18. The van der Waals surface area contributed by atoms with Crippen LogP contribution in [0.15, 0.2) is 18.2 Å². The summed E-state index contributed by atoms with van der Waals surface area (Å²) in [6.45, 7) is 1.93. The summed E-state index contributed by atoms with van der Waals surface area (Å²) in [4.78, 5) is 12.3. The number of carbonyl (C=O) groups excluding carboxylic acids is 1. The standard InChI is InChI=1S/C16H24N2O/c1-12-8-7-11-14(15(12)17)16(19)18-13-9-5-3-2-4-6-10-13/h7-8,11,13H,2-6,9-10,17H2,1H3,(H,18,19). The van der Waals surface area contributed by atoms with Gasteiger partial charge in [-0.05, 0) is 31.4 Å². The zero-order valence-electron chi connectivity index (χ0n) is 11.7. The smallest absolute Gasteiger partial charge is 0.253 e. The van der Waals surface area contributed by atoms with Crippen LogP contribution >= 0.6 is 0 Å². The fraction of sp³-hybridized carbons (Fsp3) is 0.562. The molecule has 104 valence electrons. The first kappa shape index (κ1) is 13.9. The Labute approximate surface area is 115 Å². The highest BCUT2D eigenvalue weighted by Gasteiger charge is 2.17. The first-order valence-electron chi connectivity index (χ1n) is 7.34. The molecule has 0 aromatic heterocycles. The minimum absolute atomic E-state index is 0.0215. The molecule has 0 aliphatic heterocycles. The maximum atomic E-state index is 12.3. The predicted molar refractivity (Wildman–Crippen MR) is 79.2 cm³/mol. The third kappa shape index (κ3) is 3.72. The average Bonchev–Trinajstić information content (AvgIpc) is 2.35. The first-order valence-corrected chi connectivity index (χ1v) is 7.34. The number of nitrogens with one attached hydrogen (secondary N) is 1. The largest absolute Gasteiger partial charge is 0.398 e. The van der Waals surface area contributed by atoms with Gasteiger partial charge in [0.2, 0.25) is 0 Å². The van der Waals surface area contributed by atoms with Crippen molar-refractivity contribution in [3.05, 3.63) is 29.3 Å². The second-order valence-electron chi connectivity index (χ2n) is 5.55. The van der Waals surface area contributed by atoms with Gasteiger partial charge in [-0.25, -0.2) is 0 Å². The Bertz CT molecular complexity index is 434. The molecular formula is C16H24N2O. The van der Waals surface area contributed by atoms with Crippen LogP contribution < -0.4 is 11.1 Å². The average molecular weight is 260 g/mol. The minimum atomic E-state index is -0.0215. The van der Waals surface area contributed by atoms with E-state index in [1.807, 2.05) is 19.1 Å². The van der Waals surface area contributed by atoms with Gasteiger partial charge in [0.25, 0.3) is 5.91 Å². The van der Waals surface area contributed by atoms with Crippen molar-refractivity contribution in [1.82, 2.24) is 5.32 Å². The van der Waals surface area contributed by atoms with Crippen LogP contribution in [0.5, 0.6) is 0 Å². The van der Waals surface area contributed by atoms with Crippen LogP contribution in [0.4, 0.5) is 5.69 Å². The van der Waals surface area contributed by atoms with Crippen molar-refractivity contribution in [2.75, 3.05) is 5.73 Å². The zero-order valence-corrected chi connectivity index (χ0v) is 11.7. The lowest BCUT2D eigenvalue weighted by atomic mass is 9.96. The lowest BCUT2D eigenvalue weighted by molar-refractivity contribution is 0.0931. The summed E-state index contributed by atoms with van der Waals surface area (Å²) in [7, 11) is 0. The van der Waals surface area contributed by atoms with Crippen LogP contribution in [0.3, 0.4) is 0 Å². The van der Waals surface area contributed by atoms with Crippen molar-refractivity contribution in [1.29, 1.82) is 0 Å². The van der Waals surface area contributed by atoms with Crippen molar-refractivity contribution in [3.8, 4) is 0 Å². The van der Waals surface area contributed by atoms with Crippen LogP contribution in [-0.4, -0.2) is 11.9 Å². The Morgan fingerprint density at radius 1 is 1.16 bits per heavy atom. The molecule has 0 spiro atoms. The van der Waals surface area contributed by atoms with Gasteiger partial charge in [0.05, 0.1) is 5.56 Å². The van der Waals surface area contributed by atoms with Gasteiger partial charge in [-0.3, -0.25) is 4.79 Å². The van der Waals surface area contributed by atoms with Crippen LogP contribution in [0.25, 0.3) is 0 Å². The number of benzene rings is 1. The number of hydrogen-bond acceptors (Lipinski definition) is 2. The topological polar surface area (TPSA) is 55.1 Å². The normalized spacial score (nSPS) is 17.5. The molecule has 1 fully saturated rings. The quantitative estimate of drug-likeness (QED) is 0.800. The number of nitrogens with two attached hydrogens (primary N) is 1. The van der Waals surface area contributed by atoms with E-state index in [2.05, 4.69) is 5.32 Å². The number of aryl methyl sites for hydroxylation is 1. The molecule has 0 unspecified atom stereocenters. The summed E-state index contributed by atoms with van der Waals surface area (Å²) < 4.78 is 0. The molecule has 3 N–H and O–H groups in total. The number of anilines is 1. The summed E-state index contributed by atoms with van der Waals surface area (Å²) in [5, 5.41) is 3.15. The molecule has 1 aliphatic carbocycles. The monoisotopic (exact) mass is 260 g/mol. The Morgan fingerprint density at radius 2 is 1.79 bits per heavy atom. The van der Waals surface area contributed by atoms with Gasteiger partial charge in [-0.15, -0.1) is 0 Å². The molecule has 0 radical (unpaired) electrons. The molecule has 3 nitrogen and oxygen atoms in total. The summed E-state index contributed by atoms with van der Waals surface area (Å²) in [6.07, 6.45) is 8.54. The molecule has 3 heteroatoms. The van der Waals surface area contributed by atoms with Crippen molar-refractivity contribution in [2.45, 2.75) is 57.9 Å². The van der Waals surface area contributed by atoms with Crippen molar-refractivity contribution in [3.63, 3.8) is 0 Å². The third-order valence-corrected chi connectivity index (χ3v) is 4.01. The summed E-state index contributed by atoms with van der Waals surface area (Å²) >= 11 is 0. The molecule has 1 aromatic rings. The van der Waals surface area contributed by atoms with Gasteiger partial charge in [-0.1, -0.05) is 44.2 Å². The molecular weight excluding hydrogens is 236 g/mol. The van der Waals surface area contributed by atoms with Gasteiger partial charge >= 0.3 is 0 Å². The van der Waals surface area contributed by atoms with Gasteiger partial charge < -0.3 is 11.1 Å². The van der Waals surface area contributed by atoms with Crippen molar-refractivity contribution >= 4 is 11.6 Å². The Kier molecular flexibility index (Phi) is 4.83. The minimum Gasteiger partial charge on any atom is -0.398 e. The van der Waals surface area contributed by atoms with Crippen LogP contribution in [0.1, 0.15) is 60.9 Å². The summed E-state index contributed by atoms with van der Waals surface area (Å²) in [5.41, 5.74) is 8.16. The molecule has 0 heterocycles. The highest BCUT2D eigenvalue weighted by Crippen LogP contribution is 2.20. The number of carbonyl (C=O) groups is 1. The highest BCUT2D eigenvalue weighted by molar-refractivity contribution is 5.99. The summed E-state index contributed by atoms with van der Waals surface area (Å²) in [5.74, 6) is -0.0215. The van der Waals surface area contributed by atoms with Crippen LogP contribution in [-0.2, 0) is 0 Å². The molecule has 0 atom stereocenters. The van der Waals surface area contributed by atoms with E-state index in [0.717, 1.165) is 18.4 Å². The second-order valence-corrected chi connectivity index (χ2v) is 5.55. The number of rotatable bonds is 2. The fourth-order valence-electron chi connectivity index (χ4n) is 2.74. The van der Waals surface area contributed by atoms with E-state index in [1.54, 1.807) is 6.07 Å². The second kappa shape index (κ2) is 6.60. The SMILES string of the molecule is Cc1cccc(C(=O)NC2CCCCCCC2)c1N. The Balaban J connectivity index is 2.01. The van der Waals surface area contributed by atoms with E-state index >= 15 is 0 Å². The maximum Gasteiger partial charge on any atom is 0.253 e. The molecule has 0 bridgehead atoms. The van der Waals surface area contributed by atoms with E-state index < -0.39 is 0 Å². The maximum absolute atomic E-state index is 12.3. The number of amides is 1. The van der Waals surface area contributed by atoms with E-state index in [1.165, 1.54) is 32.1 Å². The highest BCUT2D eigenvalue weighted by atomic mass is 16.1. The molecule has 1 amide bonds. The molecule has 1 aliphatic rings. The van der Waals surface area contributed by atoms with Gasteiger partial charge in [-0.2, -0.15) is 0 Å². The molecule has 19 heavy (non-hydrogen) atoms. The lowest BCUT2D eigenvalue weighted by Gasteiger charge is -2.21. The fourth-order valence-corrected chi connectivity index (χ4v) is 2.74. The van der Waals surface area contributed by atoms with Crippen LogP contribution in [0.2, 0.25) is 0 Å². The van der Waals surface area contributed by atoms with E-state index in [4.69, 9.17) is 5.73 Å². The van der Waals surface area contributed by atoms with Gasteiger partial charge in [0.1, 0.15) is 0 Å². The zero-order chi connectivity index (χ0) is 13.7. The van der Waals surface area contributed by atoms with E-state index in [-0.39, 0.29) is 5.91 Å². The molecule has 1 saturated carbocycles. The van der Waals surface area contributed by atoms with Crippen molar-refractivity contribution in [2.24, 2.45) is 0 Å². The van der Waals surface area contributed by atoms with Gasteiger partial charge in [0.15, 0.2) is 0 Å². The van der Waals surface area contributed by atoms with Crippen LogP contribution in [0, 0.1) is 6.92 Å². The Morgan fingerprint density at radius 3 is 2.47 bits per heavy atom. The van der Waals surface area contributed by atoms with Crippen molar-refractivity contribution < 1.29 is 4.79 Å². The molecule has 0 saturated heterocycles. The lowest BCUT2D eigenvalue weighted by Crippen LogP contribution is -2.35. The summed E-state index contributed by atoms with van der Waals surface area (Å²) in [6, 6.07) is 5.94. The Hall–Kier alpha value is -1.51. The van der Waals surface area contributed by atoms with E-state index in [9.17, 15) is 4.79 Å². The third-order valence-electron chi connectivity index (χ3n) is 4.01. The van der Waals surface area contributed by atoms with Gasteiger partial charge in [0, 0.05) is 11.7 Å².